The summed E-state index contributed by atoms with van der Waals surface area (Å²) in [5.74, 6) is -0.0392. The average molecular weight is 216 g/mol. The molecule has 0 aromatic heterocycles. The molecule has 15 heavy (non-hydrogen) atoms. The van der Waals surface area contributed by atoms with Gasteiger partial charge in [-0.2, -0.15) is 0 Å². The van der Waals surface area contributed by atoms with Gasteiger partial charge < -0.3 is 10.4 Å². The molecule has 0 spiro atoms. The highest BCUT2D eigenvalue weighted by Crippen LogP contribution is 2.22. The van der Waals surface area contributed by atoms with E-state index in [9.17, 15) is 4.79 Å². The maximum absolute atomic E-state index is 11.4. The van der Waals surface area contributed by atoms with Gasteiger partial charge >= 0.3 is 0 Å². The first-order valence-electron chi connectivity index (χ1n) is 5.37. The van der Waals surface area contributed by atoms with Gasteiger partial charge in [0.2, 0.25) is 5.91 Å². The van der Waals surface area contributed by atoms with Gasteiger partial charge in [-0.05, 0) is 19.4 Å². The lowest BCUT2D eigenvalue weighted by molar-refractivity contribution is -0.122. The van der Waals surface area contributed by atoms with E-state index >= 15 is 0 Å². The van der Waals surface area contributed by atoms with Gasteiger partial charge in [0.1, 0.15) is 0 Å². The summed E-state index contributed by atoms with van der Waals surface area (Å²) >= 11 is 0. The fraction of sp³-hybridized carbons (Fsp3) is 0.909. The van der Waals surface area contributed by atoms with Crippen LogP contribution in [-0.2, 0) is 4.79 Å². The molecule has 0 aliphatic rings. The van der Waals surface area contributed by atoms with Crippen molar-refractivity contribution >= 4 is 5.91 Å². The first-order chi connectivity index (χ1) is 6.79. The van der Waals surface area contributed by atoms with E-state index in [0.29, 0.717) is 19.1 Å². The molecule has 4 heteroatoms. The van der Waals surface area contributed by atoms with E-state index in [1.807, 2.05) is 11.9 Å². The van der Waals surface area contributed by atoms with E-state index in [4.69, 9.17) is 5.11 Å². The van der Waals surface area contributed by atoms with Gasteiger partial charge in [-0.15, -0.1) is 0 Å². The SMILES string of the molecule is CC(N(C)CC(=O)NCCO)C(C)(C)C. The van der Waals surface area contributed by atoms with Crippen molar-refractivity contribution in [2.24, 2.45) is 5.41 Å². The Hall–Kier alpha value is -0.610. The van der Waals surface area contributed by atoms with Crippen LogP contribution in [0.25, 0.3) is 0 Å². The number of aliphatic hydroxyl groups is 1. The fourth-order valence-electron chi connectivity index (χ4n) is 1.28. The maximum atomic E-state index is 11.4. The zero-order valence-corrected chi connectivity index (χ0v) is 10.5. The summed E-state index contributed by atoms with van der Waals surface area (Å²) in [5.41, 5.74) is 0.159. The molecule has 1 atom stereocenters. The first kappa shape index (κ1) is 14.4. The Balaban J connectivity index is 4.02. The van der Waals surface area contributed by atoms with Crippen molar-refractivity contribution in [3.05, 3.63) is 0 Å². The third-order valence-corrected chi connectivity index (χ3v) is 2.74. The lowest BCUT2D eigenvalue weighted by Gasteiger charge is -2.34. The van der Waals surface area contributed by atoms with Crippen molar-refractivity contribution in [1.29, 1.82) is 0 Å². The predicted molar refractivity (Wildman–Crippen MR) is 61.6 cm³/mol. The second-order valence-electron chi connectivity index (χ2n) is 5.03. The zero-order chi connectivity index (χ0) is 12.1. The summed E-state index contributed by atoms with van der Waals surface area (Å²) in [6.45, 7) is 9.26. The molecule has 0 fully saturated rings. The van der Waals surface area contributed by atoms with Crippen molar-refractivity contribution in [3.63, 3.8) is 0 Å². The Morgan fingerprint density at radius 3 is 2.40 bits per heavy atom. The van der Waals surface area contributed by atoms with Crippen molar-refractivity contribution in [3.8, 4) is 0 Å². The number of carbonyl (C=O) groups is 1. The molecule has 0 saturated carbocycles. The second-order valence-corrected chi connectivity index (χ2v) is 5.03. The summed E-state index contributed by atoms with van der Waals surface area (Å²) in [4.78, 5) is 13.4. The zero-order valence-electron chi connectivity index (χ0n) is 10.5. The number of hydrogen-bond donors (Lipinski definition) is 2. The monoisotopic (exact) mass is 216 g/mol. The van der Waals surface area contributed by atoms with Crippen LogP contribution in [0.15, 0.2) is 0 Å². The van der Waals surface area contributed by atoms with E-state index in [2.05, 4.69) is 33.0 Å². The number of nitrogens with one attached hydrogen (secondary N) is 1. The molecule has 0 aliphatic heterocycles. The summed E-state index contributed by atoms with van der Waals surface area (Å²) in [5, 5.41) is 11.2. The van der Waals surface area contributed by atoms with E-state index in [0.717, 1.165) is 0 Å². The molecule has 0 rings (SSSR count). The van der Waals surface area contributed by atoms with Crippen LogP contribution < -0.4 is 5.32 Å². The van der Waals surface area contributed by atoms with Crippen LogP contribution in [0.2, 0.25) is 0 Å². The molecule has 2 N–H and O–H groups in total. The number of aliphatic hydroxyl groups excluding tert-OH is 1. The van der Waals surface area contributed by atoms with Gasteiger partial charge in [0.25, 0.3) is 0 Å². The Morgan fingerprint density at radius 2 is 2.00 bits per heavy atom. The number of amides is 1. The van der Waals surface area contributed by atoms with Gasteiger partial charge in [-0.25, -0.2) is 0 Å². The Morgan fingerprint density at radius 1 is 1.47 bits per heavy atom. The van der Waals surface area contributed by atoms with Gasteiger partial charge in [-0.1, -0.05) is 20.8 Å². The molecule has 4 nitrogen and oxygen atoms in total. The van der Waals surface area contributed by atoms with Gasteiger partial charge in [0.15, 0.2) is 0 Å². The number of rotatable bonds is 5. The first-order valence-corrected chi connectivity index (χ1v) is 5.37. The second kappa shape index (κ2) is 6.08. The predicted octanol–water partition coefficient (Wildman–Crippen LogP) is 0.461. The van der Waals surface area contributed by atoms with Crippen LogP contribution in [0.3, 0.4) is 0 Å². The minimum atomic E-state index is -0.0392. The number of hydrogen-bond acceptors (Lipinski definition) is 3. The minimum Gasteiger partial charge on any atom is -0.395 e. The molecule has 1 unspecified atom stereocenters. The van der Waals surface area contributed by atoms with Crippen LogP contribution in [0.1, 0.15) is 27.7 Å². The summed E-state index contributed by atoms with van der Waals surface area (Å²) in [7, 11) is 1.94. The summed E-state index contributed by atoms with van der Waals surface area (Å²) < 4.78 is 0. The number of nitrogens with zero attached hydrogens (tertiary/aromatic N) is 1. The normalized spacial score (nSPS) is 14.1. The number of likely N-dealkylation sites (N-methyl/N-ethyl adjacent to an activating group) is 1. The maximum Gasteiger partial charge on any atom is 0.234 e. The molecule has 0 aliphatic carbocycles. The highest BCUT2D eigenvalue weighted by molar-refractivity contribution is 5.77. The Bertz CT molecular complexity index is 199. The van der Waals surface area contributed by atoms with E-state index < -0.39 is 0 Å². The van der Waals surface area contributed by atoms with Crippen molar-refractivity contribution in [2.75, 3.05) is 26.7 Å². The molecule has 0 aromatic rings. The smallest absolute Gasteiger partial charge is 0.234 e. The van der Waals surface area contributed by atoms with E-state index in [-0.39, 0.29) is 17.9 Å². The molecular formula is C11H24N2O2. The minimum absolute atomic E-state index is 0.00964. The third kappa shape index (κ3) is 5.74. The molecule has 0 aromatic carbocycles. The van der Waals surface area contributed by atoms with Crippen LogP contribution in [-0.4, -0.2) is 48.7 Å². The topological polar surface area (TPSA) is 52.6 Å². The molecular weight excluding hydrogens is 192 g/mol. The van der Waals surface area contributed by atoms with Crippen LogP contribution >= 0.6 is 0 Å². The van der Waals surface area contributed by atoms with E-state index in [1.54, 1.807) is 0 Å². The van der Waals surface area contributed by atoms with Crippen LogP contribution in [0.4, 0.5) is 0 Å². The third-order valence-electron chi connectivity index (χ3n) is 2.74. The molecule has 0 radical (unpaired) electrons. The quantitative estimate of drug-likeness (QED) is 0.702. The molecule has 1 amide bonds. The molecule has 90 valence electrons. The van der Waals surface area contributed by atoms with Gasteiger partial charge in [0, 0.05) is 12.6 Å². The summed E-state index contributed by atoms with van der Waals surface area (Å²) in [6, 6.07) is 0.331. The lowest BCUT2D eigenvalue weighted by atomic mass is 9.87. The van der Waals surface area contributed by atoms with E-state index in [1.165, 1.54) is 0 Å². The molecule has 0 heterocycles. The standard InChI is InChI=1S/C11H24N2O2/c1-9(11(2,3)4)13(5)8-10(15)12-6-7-14/h9,14H,6-8H2,1-5H3,(H,12,15). The largest absolute Gasteiger partial charge is 0.395 e. The Labute approximate surface area is 92.7 Å². The Kier molecular flexibility index (Phi) is 5.83. The van der Waals surface area contributed by atoms with Crippen LogP contribution in [0.5, 0.6) is 0 Å². The lowest BCUT2D eigenvalue weighted by Crippen LogP contribution is -2.45. The van der Waals surface area contributed by atoms with Crippen LogP contribution in [0, 0.1) is 5.41 Å². The average Bonchev–Trinajstić information content (AvgIpc) is 2.11. The van der Waals surface area contributed by atoms with Crippen molar-refractivity contribution in [1.82, 2.24) is 10.2 Å². The number of carbonyl (C=O) groups excluding carboxylic acids is 1. The van der Waals surface area contributed by atoms with Gasteiger partial charge in [-0.3, -0.25) is 9.69 Å². The van der Waals surface area contributed by atoms with Crippen molar-refractivity contribution in [2.45, 2.75) is 33.7 Å². The van der Waals surface area contributed by atoms with Gasteiger partial charge in [0.05, 0.1) is 13.2 Å². The highest BCUT2D eigenvalue weighted by atomic mass is 16.3. The highest BCUT2D eigenvalue weighted by Gasteiger charge is 2.24. The summed E-state index contributed by atoms with van der Waals surface area (Å²) in [6.07, 6.45) is 0. The fourth-order valence-corrected chi connectivity index (χ4v) is 1.28. The molecule has 0 saturated heterocycles. The van der Waals surface area contributed by atoms with Crippen molar-refractivity contribution < 1.29 is 9.90 Å². The molecule has 0 bridgehead atoms.